The fourth-order valence-electron chi connectivity index (χ4n) is 1.44. The molecule has 84 valence electrons. The molecule has 1 heterocycles. The van der Waals surface area contributed by atoms with Gasteiger partial charge in [-0.3, -0.25) is 4.79 Å². The van der Waals surface area contributed by atoms with Gasteiger partial charge in [-0.05, 0) is 19.8 Å². The lowest BCUT2D eigenvalue weighted by atomic mass is 10.2. The summed E-state index contributed by atoms with van der Waals surface area (Å²) in [6.07, 6.45) is 3.61. The van der Waals surface area contributed by atoms with E-state index in [1.54, 1.807) is 6.92 Å². The van der Waals surface area contributed by atoms with Gasteiger partial charge in [0.2, 0.25) is 0 Å². The summed E-state index contributed by atoms with van der Waals surface area (Å²) in [5.74, 6) is -0.833. The van der Waals surface area contributed by atoms with Crippen LogP contribution in [0.1, 0.15) is 30.3 Å². The van der Waals surface area contributed by atoms with Crippen LogP contribution in [0.15, 0.2) is 18.6 Å². The highest BCUT2D eigenvalue weighted by Gasteiger charge is 2.28. The Balaban J connectivity index is 2.25. The summed E-state index contributed by atoms with van der Waals surface area (Å²) in [6.45, 7) is 4.72. The summed E-state index contributed by atoms with van der Waals surface area (Å²) >= 11 is 0. The smallest absolute Gasteiger partial charge is 0.283 e. The molecule has 0 radical (unpaired) electrons. The molecule has 1 fully saturated rings. The number of amides is 1. The summed E-state index contributed by atoms with van der Waals surface area (Å²) in [7, 11) is 0. The molecule has 1 aliphatic carbocycles. The monoisotopic (exact) mass is 221 g/mol. The van der Waals surface area contributed by atoms with Crippen molar-refractivity contribution in [3.8, 4) is 0 Å². The van der Waals surface area contributed by atoms with Crippen molar-refractivity contribution in [2.75, 3.05) is 5.32 Å². The predicted octanol–water partition coefficient (Wildman–Crippen LogP) is 2.08. The molecule has 0 aromatic carbocycles. The number of carbonyl (C=O) groups is 1. The van der Waals surface area contributed by atoms with E-state index in [0.717, 1.165) is 18.5 Å². The van der Waals surface area contributed by atoms with Crippen molar-refractivity contribution in [3.63, 3.8) is 0 Å². The number of hydrogen-bond donors (Lipinski definition) is 1. The Hall–Kier alpha value is -1.78. The number of hydrogen-bond acceptors (Lipinski definition) is 3. The largest absolute Gasteiger partial charge is 0.317 e. The Kier molecular flexibility index (Phi) is 2.68. The Morgan fingerprint density at radius 1 is 1.62 bits per heavy atom. The van der Waals surface area contributed by atoms with Crippen molar-refractivity contribution >= 4 is 11.6 Å². The van der Waals surface area contributed by atoms with Gasteiger partial charge in [0, 0.05) is 5.92 Å². The number of aromatic nitrogens is 2. The minimum absolute atomic E-state index is 0.366. The molecule has 1 aliphatic rings. The van der Waals surface area contributed by atoms with E-state index in [0.29, 0.717) is 17.4 Å². The van der Waals surface area contributed by atoms with Crippen molar-refractivity contribution in [1.29, 1.82) is 0 Å². The maximum Gasteiger partial charge on any atom is 0.283 e. The van der Waals surface area contributed by atoms with E-state index in [-0.39, 0.29) is 0 Å². The molecule has 4 nitrogen and oxygen atoms in total. The van der Waals surface area contributed by atoms with E-state index in [1.807, 2.05) is 0 Å². The van der Waals surface area contributed by atoms with Crippen LogP contribution >= 0.6 is 0 Å². The quantitative estimate of drug-likeness (QED) is 0.795. The Morgan fingerprint density at radius 3 is 2.88 bits per heavy atom. The van der Waals surface area contributed by atoms with Gasteiger partial charge in [0.1, 0.15) is 5.82 Å². The van der Waals surface area contributed by atoms with E-state index < -0.39 is 11.7 Å². The van der Waals surface area contributed by atoms with Gasteiger partial charge in [-0.15, -0.1) is 0 Å². The van der Waals surface area contributed by atoms with Crippen LogP contribution < -0.4 is 5.32 Å². The second kappa shape index (κ2) is 4.00. The lowest BCUT2D eigenvalue weighted by Gasteiger charge is -2.08. The first kappa shape index (κ1) is 10.7. The van der Waals surface area contributed by atoms with Gasteiger partial charge in [0.05, 0.1) is 17.6 Å². The molecule has 16 heavy (non-hydrogen) atoms. The molecule has 1 saturated carbocycles. The van der Waals surface area contributed by atoms with Crippen molar-refractivity contribution < 1.29 is 9.18 Å². The van der Waals surface area contributed by atoms with Crippen LogP contribution in [0.2, 0.25) is 0 Å². The molecule has 1 aromatic heterocycles. The highest BCUT2D eigenvalue weighted by molar-refractivity contribution is 6.01. The Morgan fingerprint density at radius 2 is 2.31 bits per heavy atom. The average Bonchev–Trinajstić information content (AvgIpc) is 3.04. The van der Waals surface area contributed by atoms with Crippen molar-refractivity contribution in [3.05, 3.63) is 30.1 Å². The number of carbonyl (C=O) groups excluding carboxylic acids is 1. The molecule has 0 unspecified atom stereocenters. The summed E-state index contributed by atoms with van der Waals surface area (Å²) in [5, 5.41) is 2.42. The molecule has 1 amide bonds. The van der Waals surface area contributed by atoms with Crippen LogP contribution in [-0.4, -0.2) is 15.9 Å². The molecule has 0 bridgehead atoms. The van der Waals surface area contributed by atoms with Crippen LogP contribution in [-0.2, 0) is 4.79 Å². The number of nitrogens with zero attached hydrogens (tertiary/aromatic N) is 2. The maximum absolute atomic E-state index is 12.6. The van der Waals surface area contributed by atoms with Crippen LogP contribution in [0.3, 0.4) is 0 Å². The van der Waals surface area contributed by atoms with E-state index in [9.17, 15) is 9.18 Å². The predicted molar refractivity (Wildman–Crippen MR) is 57.6 cm³/mol. The molecule has 0 saturated heterocycles. The van der Waals surface area contributed by atoms with Gasteiger partial charge >= 0.3 is 0 Å². The van der Waals surface area contributed by atoms with Crippen LogP contribution in [0.25, 0.3) is 0 Å². The lowest BCUT2D eigenvalue weighted by Crippen LogP contribution is -2.14. The van der Waals surface area contributed by atoms with Gasteiger partial charge in [-0.25, -0.2) is 14.4 Å². The normalized spacial score (nSPS) is 14.6. The summed E-state index contributed by atoms with van der Waals surface area (Å²) in [4.78, 5) is 19.4. The molecule has 0 aliphatic heterocycles. The topological polar surface area (TPSA) is 54.9 Å². The Bertz CT molecular complexity index is 455. The zero-order valence-electron chi connectivity index (χ0n) is 8.96. The molecule has 0 spiro atoms. The summed E-state index contributed by atoms with van der Waals surface area (Å²) in [5.41, 5.74) is 1.28. The molecular formula is C11H12FN3O. The van der Waals surface area contributed by atoms with Crippen molar-refractivity contribution in [2.24, 2.45) is 0 Å². The summed E-state index contributed by atoms with van der Waals surface area (Å²) < 4.78 is 12.6. The first-order valence-corrected chi connectivity index (χ1v) is 5.07. The van der Waals surface area contributed by atoms with Crippen LogP contribution in [0.5, 0.6) is 0 Å². The number of anilines is 1. The molecule has 0 atom stereocenters. The first-order valence-electron chi connectivity index (χ1n) is 5.07. The number of rotatable bonds is 3. The molecule has 1 aromatic rings. The highest BCUT2D eigenvalue weighted by Crippen LogP contribution is 2.42. The zero-order chi connectivity index (χ0) is 11.7. The standard InChI is InChI=1S/C11H12FN3O/c1-6(12)11(16)15-9-5-13-7(2)14-10(9)8-3-4-8/h5,8H,1,3-4H2,2H3,(H,15,16). The zero-order valence-corrected chi connectivity index (χ0v) is 8.96. The third-order valence-electron chi connectivity index (χ3n) is 2.40. The van der Waals surface area contributed by atoms with E-state index in [1.165, 1.54) is 6.20 Å². The number of nitrogens with one attached hydrogen (secondary N) is 1. The van der Waals surface area contributed by atoms with E-state index in [2.05, 4.69) is 21.9 Å². The van der Waals surface area contributed by atoms with E-state index in [4.69, 9.17) is 0 Å². The van der Waals surface area contributed by atoms with Gasteiger partial charge in [-0.1, -0.05) is 6.58 Å². The molecule has 2 rings (SSSR count). The van der Waals surface area contributed by atoms with Gasteiger partial charge in [-0.2, -0.15) is 0 Å². The number of aryl methyl sites for hydroxylation is 1. The van der Waals surface area contributed by atoms with Crippen LogP contribution in [0, 0.1) is 6.92 Å². The fraction of sp³-hybridized carbons (Fsp3) is 0.364. The van der Waals surface area contributed by atoms with Crippen molar-refractivity contribution in [1.82, 2.24) is 9.97 Å². The lowest BCUT2D eigenvalue weighted by molar-refractivity contribution is -0.114. The Labute approximate surface area is 92.6 Å². The highest BCUT2D eigenvalue weighted by atomic mass is 19.1. The average molecular weight is 221 g/mol. The minimum atomic E-state index is -1.01. The van der Waals surface area contributed by atoms with E-state index >= 15 is 0 Å². The minimum Gasteiger partial charge on any atom is -0.317 e. The fourth-order valence-corrected chi connectivity index (χ4v) is 1.44. The number of halogens is 1. The third-order valence-corrected chi connectivity index (χ3v) is 2.40. The van der Waals surface area contributed by atoms with Crippen LogP contribution in [0.4, 0.5) is 10.1 Å². The first-order chi connectivity index (χ1) is 7.58. The maximum atomic E-state index is 12.6. The SMILES string of the molecule is C=C(F)C(=O)Nc1cnc(C)nc1C1CC1. The van der Waals surface area contributed by atoms with Gasteiger partial charge in [0.25, 0.3) is 5.91 Å². The summed E-state index contributed by atoms with van der Waals surface area (Å²) in [6, 6.07) is 0. The second-order valence-electron chi connectivity index (χ2n) is 3.85. The molecular weight excluding hydrogens is 209 g/mol. The molecule has 5 heteroatoms. The van der Waals surface area contributed by atoms with Gasteiger partial charge in [0.15, 0.2) is 5.83 Å². The van der Waals surface area contributed by atoms with Gasteiger partial charge < -0.3 is 5.32 Å². The molecule has 1 N–H and O–H groups in total. The second-order valence-corrected chi connectivity index (χ2v) is 3.85. The third kappa shape index (κ3) is 2.24. The van der Waals surface area contributed by atoms with Crippen molar-refractivity contribution in [2.45, 2.75) is 25.7 Å².